The Morgan fingerprint density at radius 2 is 1.44 bits per heavy atom. The van der Waals surface area contributed by atoms with Gasteiger partial charge < -0.3 is 39.4 Å². The van der Waals surface area contributed by atoms with E-state index in [1.165, 1.54) is 33.5 Å². The third kappa shape index (κ3) is 4.54. The molecule has 0 heterocycles. The highest BCUT2D eigenvalue weighted by Crippen LogP contribution is 2.40. The van der Waals surface area contributed by atoms with Crippen molar-refractivity contribution >= 4 is 0 Å². The van der Waals surface area contributed by atoms with Gasteiger partial charge in [0.2, 0.25) is 5.75 Å². The van der Waals surface area contributed by atoms with Gasteiger partial charge in [-0.3, -0.25) is 0 Å². The summed E-state index contributed by atoms with van der Waals surface area (Å²) >= 11 is 0. The summed E-state index contributed by atoms with van der Waals surface area (Å²) in [5.74, 6) is 0.687. The smallest absolute Gasteiger partial charge is 0.200 e. The van der Waals surface area contributed by atoms with Crippen LogP contribution >= 0.6 is 0 Å². The topological polar surface area (TPSA) is 118 Å². The third-order valence-electron chi connectivity index (χ3n) is 4.06. The third-order valence-corrected chi connectivity index (χ3v) is 4.06. The summed E-state index contributed by atoms with van der Waals surface area (Å²) in [6.45, 7) is -0.645. The van der Waals surface area contributed by atoms with E-state index < -0.39 is 18.8 Å². The number of phenols is 1. The molecule has 2 unspecified atom stereocenters. The molecule has 27 heavy (non-hydrogen) atoms. The van der Waals surface area contributed by atoms with E-state index in [9.17, 15) is 20.4 Å². The van der Waals surface area contributed by atoms with Gasteiger partial charge in [0.1, 0.15) is 6.10 Å². The number of hydrogen-bond acceptors (Lipinski definition) is 8. The molecule has 2 rings (SSSR count). The number of aromatic hydroxyl groups is 1. The van der Waals surface area contributed by atoms with Gasteiger partial charge in [0.25, 0.3) is 0 Å². The second-order valence-corrected chi connectivity index (χ2v) is 5.70. The first kappa shape index (κ1) is 20.6. The van der Waals surface area contributed by atoms with Crippen LogP contribution in [0.25, 0.3) is 0 Å². The van der Waals surface area contributed by atoms with Gasteiger partial charge in [-0.05, 0) is 35.4 Å². The first-order valence-corrected chi connectivity index (χ1v) is 8.17. The van der Waals surface area contributed by atoms with Gasteiger partial charge in [-0.25, -0.2) is 0 Å². The highest BCUT2D eigenvalue weighted by Gasteiger charge is 2.26. The summed E-state index contributed by atoms with van der Waals surface area (Å²) in [5.41, 5.74) is 0.958. The zero-order chi connectivity index (χ0) is 20.0. The van der Waals surface area contributed by atoms with Gasteiger partial charge >= 0.3 is 0 Å². The molecule has 8 nitrogen and oxygen atoms in total. The minimum atomic E-state index is -1.25. The van der Waals surface area contributed by atoms with E-state index in [1.807, 2.05) is 0 Å². The molecule has 4 N–H and O–H groups in total. The van der Waals surface area contributed by atoms with Crippen molar-refractivity contribution in [2.45, 2.75) is 18.8 Å². The molecule has 0 aliphatic rings. The minimum absolute atomic E-state index is 0.116. The van der Waals surface area contributed by atoms with Crippen LogP contribution < -0.4 is 18.9 Å². The van der Waals surface area contributed by atoms with Crippen LogP contribution in [-0.2, 0) is 6.61 Å². The van der Waals surface area contributed by atoms with Crippen LogP contribution in [0, 0.1) is 0 Å². The van der Waals surface area contributed by atoms with Crippen molar-refractivity contribution in [2.24, 2.45) is 0 Å². The molecule has 8 heteroatoms. The minimum Gasteiger partial charge on any atom is -0.502 e. The van der Waals surface area contributed by atoms with E-state index in [2.05, 4.69) is 0 Å². The largest absolute Gasteiger partial charge is 0.502 e. The number of aliphatic hydroxyl groups is 3. The number of benzene rings is 2. The van der Waals surface area contributed by atoms with Crippen LogP contribution in [0.3, 0.4) is 0 Å². The Labute approximate surface area is 157 Å². The van der Waals surface area contributed by atoms with E-state index in [4.69, 9.17) is 18.9 Å². The van der Waals surface area contributed by atoms with Crippen molar-refractivity contribution in [2.75, 3.05) is 27.9 Å². The number of aliphatic hydroxyl groups excluding tert-OH is 3. The van der Waals surface area contributed by atoms with Crippen molar-refractivity contribution in [3.63, 3.8) is 0 Å². The Morgan fingerprint density at radius 1 is 0.852 bits per heavy atom. The van der Waals surface area contributed by atoms with Crippen molar-refractivity contribution in [1.82, 2.24) is 0 Å². The SMILES string of the molecule is COc1cc(CO)ccc1OC(CO)C(O)c1cc(OC)c(O)c(OC)c1. The average molecular weight is 380 g/mol. The fourth-order valence-electron chi connectivity index (χ4n) is 2.57. The van der Waals surface area contributed by atoms with E-state index in [1.54, 1.807) is 18.2 Å². The standard InChI is InChI=1S/C19H24O8/c1-24-14-6-11(9-20)4-5-13(14)27-17(10-21)18(22)12-7-15(25-2)19(23)16(8-12)26-3/h4-8,17-18,20-23H,9-10H2,1-3H3. The van der Waals surface area contributed by atoms with Gasteiger partial charge in [0, 0.05) is 0 Å². The van der Waals surface area contributed by atoms with Crippen LogP contribution in [-0.4, -0.2) is 54.5 Å². The lowest BCUT2D eigenvalue weighted by molar-refractivity contribution is -0.000636. The quantitative estimate of drug-likeness (QED) is 0.515. The lowest BCUT2D eigenvalue weighted by atomic mass is 10.0. The molecule has 0 amide bonds. The number of ether oxygens (including phenoxy) is 4. The molecule has 2 aromatic carbocycles. The first-order valence-electron chi connectivity index (χ1n) is 8.17. The van der Waals surface area contributed by atoms with E-state index >= 15 is 0 Å². The fourth-order valence-corrected chi connectivity index (χ4v) is 2.57. The average Bonchev–Trinajstić information content (AvgIpc) is 2.71. The second kappa shape index (κ2) is 9.31. The van der Waals surface area contributed by atoms with Gasteiger partial charge in [0.05, 0.1) is 34.5 Å². The first-order chi connectivity index (χ1) is 13.0. The second-order valence-electron chi connectivity index (χ2n) is 5.70. The molecule has 0 spiro atoms. The zero-order valence-corrected chi connectivity index (χ0v) is 15.4. The van der Waals surface area contributed by atoms with Crippen LogP contribution in [0.5, 0.6) is 28.7 Å². The monoisotopic (exact) mass is 380 g/mol. The maximum atomic E-state index is 10.7. The molecule has 0 saturated heterocycles. The van der Waals surface area contributed by atoms with E-state index in [0.29, 0.717) is 22.6 Å². The molecule has 0 aliphatic carbocycles. The summed E-state index contributed by atoms with van der Waals surface area (Å²) in [5, 5.41) is 39.6. The molecular weight excluding hydrogens is 356 g/mol. The summed E-state index contributed by atoms with van der Waals surface area (Å²) in [6, 6.07) is 7.69. The number of hydrogen-bond donors (Lipinski definition) is 4. The highest BCUT2D eigenvalue weighted by molar-refractivity contribution is 5.53. The summed E-state index contributed by atoms with van der Waals surface area (Å²) in [6.07, 6.45) is -2.28. The van der Waals surface area contributed by atoms with Crippen LogP contribution in [0.15, 0.2) is 30.3 Å². The molecular formula is C19H24O8. The summed E-state index contributed by atoms with van der Waals surface area (Å²) in [4.78, 5) is 0. The van der Waals surface area contributed by atoms with E-state index in [0.717, 1.165) is 0 Å². The Balaban J connectivity index is 2.32. The van der Waals surface area contributed by atoms with Crippen molar-refractivity contribution < 1.29 is 39.4 Å². The Morgan fingerprint density at radius 3 is 1.93 bits per heavy atom. The van der Waals surface area contributed by atoms with Crippen LogP contribution in [0.1, 0.15) is 17.2 Å². The number of methoxy groups -OCH3 is 3. The normalized spacial score (nSPS) is 13.0. The molecule has 2 aromatic rings. The predicted octanol–water partition coefficient (Wildman–Crippen LogP) is 1.38. The van der Waals surface area contributed by atoms with Crippen molar-refractivity contribution in [3.05, 3.63) is 41.5 Å². The zero-order valence-electron chi connectivity index (χ0n) is 15.4. The van der Waals surface area contributed by atoms with Gasteiger partial charge in [-0.15, -0.1) is 0 Å². The van der Waals surface area contributed by atoms with Gasteiger partial charge in [-0.2, -0.15) is 0 Å². The molecule has 0 aliphatic heterocycles. The maximum absolute atomic E-state index is 10.7. The lowest BCUT2D eigenvalue weighted by Gasteiger charge is -2.24. The van der Waals surface area contributed by atoms with Crippen LogP contribution in [0.2, 0.25) is 0 Å². The van der Waals surface area contributed by atoms with Gasteiger partial charge in [-0.1, -0.05) is 6.07 Å². The lowest BCUT2D eigenvalue weighted by Crippen LogP contribution is -2.29. The van der Waals surface area contributed by atoms with Gasteiger partial charge in [0.15, 0.2) is 29.1 Å². The Bertz CT molecular complexity index is 736. The molecule has 148 valence electrons. The fraction of sp³-hybridized carbons (Fsp3) is 0.368. The molecule has 0 radical (unpaired) electrons. The Hall–Kier alpha value is -2.68. The van der Waals surface area contributed by atoms with E-state index in [-0.39, 0.29) is 23.9 Å². The molecule has 2 atom stereocenters. The Kier molecular flexibility index (Phi) is 7.12. The summed E-state index contributed by atoms with van der Waals surface area (Å²) < 4.78 is 21.1. The number of phenolic OH excluding ortho intramolecular Hbond substituents is 1. The van der Waals surface area contributed by atoms with Crippen LogP contribution in [0.4, 0.5) is 0 Å². The molecule has 0 saturated carbocycles. The maximum Gasteiger partial charge on any atom is 0.200 e. The summed E-state index contributed by atoms with van der Waals surface area (Å²) in [7, 11) is 4.19. The van der Waals surface area contributed by atoms with Crippen molar-refractivity contribution in [1.29, 1.82) is 0 Å². The predicted molar refractivity (Wildman–Crippen MR) is 96.6 cm³/mol. The highest BCUT2D eigenvalue weighted by atomic mass is 16.5. The molecule has 0 fully saturated rings. The molecule has 0 aromatic heterocycles. The number of rotatable bonds is 9. The molecule has 0 bridgehead atoms. The van der Waals surface area contributed by atoms with Crippen molar-refractivity contribution in [3.8, 4) is 28.7 Å².